The van der Waals surface area contributed by atoms with Crippen LogP contribution in [0.25, 0.3) is 0 Å². The molecule has 37 heavy (non-hydrogen) atoms. The number of carbonyl (C=O) groups is 1. The van der Waals surface area contributed by atoms with E-state index in [1.165, 1.54) is 5.56 Å². The summed E-state index contributed by atoms with van der Waals surface area (Å²) in [6.07, 6.45) is 3.33. The molecule has 7 heteroatoms. The van der Waals surface area contributed by atoms with E-state index in [4.69, 9.17) is 15.0 Å². The van der Waals surface area contributed by atoms with Gasteiger partial charge in [-0.05, 0) is 73.0 Å². The van der Waals surface area contributed by atoms with Gasteiger partial charge in [0.1, 0.15) is 6.61 Å². The first-order valence-electron chi connectivity index (χ1n) is 13.2. The molecule has 0 radical (unpaired) electrons. The molecule has 0 fully saturated rings. The highest BCUT2D eigenvalue weighted by Crippen LogP contribution is 2.37. The number of ether oxygens (including phenoxy) is 1. The van der Waals surface area contributed by atoms with E-state index in [2.05, 4.69) is 69.1 Å². The second-order valence-corrected chi connectivity index (χ2v) is 15.9. The summed E-state index contributed by atoms with van der Waals surface area (Å²) in [5.41, 5.74) is 5.14. The van der Waals surface area contributed by atoms with E-state index in [0.717, 1.165) is 22.4 Å². The fourth-order valence-corrected chi connectivity index (χ4v) is 4.59. The number of hydrogen-bond donors (Lipinski definition) is 1. The van der Waals surface area contributed by atoms with Crippen molar-refractivity contribution in [3.8, 4) is 0 Å². The fourth-order valence-electron chi connectivity index (χ4n) is 3.64. The van der Waals surface area contributed by atoms with Gasteiger partial charge in [-0.3, -0.25) is 9.79 Å². The third kappa shape index (κ3) is 9.89. The van der Waals surface area contributed by atoms with E-state index >= 15 is 0 Å². The minimum absolute atomic E-state index is 0.0396. The van der Waals surface area contributed by atoms with Gasteiger partial charge in [-0.25, -0.2) is 0 Å². The summed E-state index contributed by atoms with van der Waals surface area (Å²) in [6.45, 7) is 16.9. The highest BCUT2D eigenvalue weighted by Gasteiger charge is 2.37. The van der Waals surface area contributed by atoms with Gasteiger partial charge in [0.15, 0.2) is 8.32 Å². The van der Waals surface area contributed by atoms with Gasteiger partial charge in [0.2, 0.25) is 0 Å². The van der Waals surface area contributed by atoms with Crippen LogP contribution < -0.4 is 5.84 Å². The standard InChI is InChI=1S/C30H45N3O3Si/c1-8-32-20-28(33-31)17-16-26(19-29(34)35-21-24-12-10-9-11-13-24)25-15-14-23(2)27(18-25)22-36-37(6,7)30(3,4)5/h9-15,18,20,26H,8,16-17,19,21-22,31H2,1-7H3. The topological polar surface area (TPSA) is 86.3 Å². The molecular formula is C30H45N3O3Si. The maximum Gasteiger partial charge on any atom is 0.306 e. The molecule has 2 aromatic carbocycles. The molecule has 0 aromatic heterocycles. The van der Waals surface area contributed by atoms with E-state index in [1.54, 1.807) is 6.21 Å². The van der Waals surface area contributed by atoms with E-state index in [-0.39, 0.29) is 30.0 Å². The first-order valence-corrected chi connectivity index (χ1v) is 16.1. The maximum atomic E-state index is 12.9. The zero-order valence-corrected chi connectivity index (χ0v) is 24.7. The number of nitrogens with zero attached hydrogens (tertiary/aromatic N) is 2. The molecular weight excluding hydrogens is 478 g/mol. The van der Waals surface area contributed by atoms with Crippen molar-refractivity contribution in [2.45, 2.75) is 91.1 Å². The molecule has 1 atom stereocenters. The zero-order valence-electron chi connectivity index (χ0n) is 23.7. The Morgan fingerprint density at radius 2 is 1.81 bits per heavy atom. The minimum atomic E-state index is -1.89. The quantitative estimate of drug-likeness (QED) is 0.101. The summed E-state index contributed by atoms with van der Waals surface area (Å²) >= 11 is 0. The number of hydrogen-bond acceptors (Lipinski definition) is 6. The van der Waals surface area contributed by atoms with Crippen LogP contribution in [0, 0.1) is 6.92 Å². The lowest BCUT2D eigenvalue weighted by Gasteiger charge is -2.36. The fraction of sp³-hybridized carbons (Fsp3) is 0.500. The number of rotatable bonds is 13. The molecule has 0 saturated heterocycles. The van der Waals surface area contributed by atoms with Crippen molar-refractivity contribution >= 4 is 26.2 Å². The molecule has 0 aliphatic rings. The van der Waals surface area contributed by atoms with Crippen LogP contribution in [-0.2, 0) is 27.2 Å². The molecule has 0 aliphatic carbocycles. The van der Waals surface area contributed by atoms with Crippen molar-refractivity contribution in [2.24, 2.45) is 15.9 Å². The van der Waals surface area contributed by atoms with Crippen molar-refractivity contribution in [2.75, 3.05) is 6.54 Å². The van der Waals surface area contributed by atoms with Gasteiger partial charge < -0.3 is 15.0 Å². The number of aryl methyl sites for hydroxylation is 1. The molecule has 2 N–H and O–H groups in total. The van der Waals surface area contributed by atoms with Gasteiger partial charge in [-0.2, -0.15) is 5.10 Å². The number of hydrazone groups is 1. The smallest absolute Gasteiger partial charge is 0.306 e. The number of nitrogens with two attached hydrogens (primary N) is 1. The number of carbonyl (C=O) groups excluding carboxylic acids is 1. The zero-order chi connectivity index (χ0) is 27.5. The second-order valence-electron chi connectivity index (χ2n) is 11.1. The summed E-state index contributed by atoms with van der Waals surface area (Å²) < 4.78 is 12.1. The summed E-state index contributed by atoms with van der Waals surface area (Å²) in [4.78, 5) is 17.2. The van der Waals surface area contributed by atoms with E-state index in [1.807, 2.05) is 37.3 Å². The van der Waals surface area contributed by atoms with Gasteiger partial charge in [0.05, 0.1) is 18.7 Å². The van der Waals surface area contributed by atoms with Crippen LogP contribution in [-0.4, -0.2) is 32.8 Å². The predicted octanol–water partition coefficient (Wildman–Crippen LogP) is 6.92. The third-order valence-corrected chi connectivity index (χ3v) is 11.7. The van der Waals surface area contributed by atoms with Crippen LogP contribution >= 0.6 is 0 Å². The third-order valence-electron chi connectivity index (χ3n) is 7.23. The van der Waals surface area contributed by atoms with Crippen LogP contribution in [0.3, 0.4) is 0 Å². The Morgan fingerprint density at radius 3 is 2.43 bits per heavy atom. The molecule has 0 spiro atoms. The second kappa shape index (κ2) is 14.2. The highest BCUT2D eigenvalue weighted by atomic mass is 28.4. The van der Waals surface area contributed by atoms with Gasteiger partial charge in [-0.1, -0.05) is 69.3 Å². The largest absolute Gasteiger partial charge is 0.461 e. The lowest BCUT2D eigenvalue weighted by Crippen LogP contribution is -2.40. The van der Waals surface area contributed by atoms with Crippen LogP contribution in [0.1, 0.15) is 75.1 Å². The molecule has 1 unspecified atom stereocenters. The average Bonchev–Trinajstić information content (AvgIpc) is 2.86. The lowest BCUT2D eigenvalue weighted by atomic mass is 9.88. The Bertz CT molecular complexity index is 1060. The monoisotopic (exact) mass is 523 g/mol. The first-order chi connectivity index (χ1) is 17.5. The van der Waals surface area contributed by atoms with Gasteiger partial charge >= 0.3 is 5.97 Å². The number of aliphatic imine (C=N–C) groups is 1. The molecule has 6 nitrogen and oxygen atoms in total. The summed E-state index contributed by atoms with van der Waals surface area (Å²) in [6, 6.07) is 16.2. The Hall–Kier alpha value is -2.77. The lowest BCUT2D eigenvalue weighted by molar-refractivity contribution is -0.145. The summed E-state index contributed by atoms with van der Waals surface area (Å²) in [5.74, 6) is 5.34. The summed E-state index contributed by atoms with van der Waals surface area (Å²) in [5, 5.41) is 4.03. The molecule has 202 valence electrons. The van der Waals surface area contributed by atoms with Crippen molar-refractivity contribution in [3.63, 3.8) is 0 Å². The normalized spacial score (nSPS) is 13.6. The van der Waals surface area contributed by atoms with Crippen molar-refractivity contribution in [3.05, 3.63) is 70.8 Å². The Balaban J connectivity index is 2.22. The molecule has 0 bridgehead atoms. The van der Waals surface area contributed by atoms with Gasteiger partial charge in [0.25, 0.3) is 0 Å². The molecule has 2 aromatic rings. The summed E-state index contributed by atoms with van der Waals surface area (Å²) in [7, 11) is -1.89. The molecule has 0 heterocycles. The number of esters is 1. The minimum Gasteiger partial charge on any atom is -0.461 e. The van der Waals surface area contributed by atoms with Crippen LogP contribution in [0.4, 0.5) is 0 Å². The SMILES string of the molecule is CCN=CC(CCC(CC(=O)OCc1ccccc1)c1ccc(C)c(CO[Si](C)(C)C(C)(C)C)c1)=NN. The molecule has 0 saturated carbocycles. The molecule has 0 aliphatic heterocycles. The Kier molecular flexibility index (Phi) is 11.7. The van der Waals surface area contributed by atoms with E-state index < -0.39 is 8.32 Å². The van der Waals surface area contributed by atoms with Crippen LogP contribution in [0.15, 0.2) is 58.6 Å². The van der Waals surface area contributed by atoms with Crippen LogP contribution in [0.2, 0.25) is 18.1 Å². The first kappa shape index (κ1) is 30.5. The Morgan fingerprint density at radius 1 is 1.11 bits per heavy atom. The van der Waals surface area contributed by atoms with Gasteiger partial charge in [0, 0.05) is 12.8 Å². The number of benzene rings is 2. The molecule has 0 amide bonds. The van der Waals surface area contributed by atoms with Crippen molar-refractivity contribution in [1.82, 2.24) is 0 Å². The highest BCUT2D eigenvalue weighted by molar-refractivity contribution is 6.74. The van der Waals surface area contributed by atoms with E-state index in [9.17, 15) is 4.79 Å². The Labute approximate surface area is 224 Å². The van der Waals surface area contributed by atoms with Crippen molar-refractivity contribution in [1.29, 1.82) is 0 Å². The predicted molar refractivity (Wildman–Crippen MR) is 157 cm³/mol. The van der Waals surface area contributed by atoms with Crippen LogP contribution in [0.5, 0.6) is 0 Å². The average molecular weight is 524 g/mol. The van der Waals surface area contributed by atoms with Gasteiger partial charge in [-0.15, -0.1) is 0 Å². The van der Waals surface area contributed by atoms with Crippen molar-refractivity contribution < 1.29 is 14.0 Å². The van der Waals surface area contributed by atoms with E-state index in [0.29, 0.717) is 26.0 Å². The maximum absolute atomic E-state index is 12.9. The molecule has 2 rings (SSSR count).